The van der Waals surface area contributed by atoms with E-state index in [9.17, 15) is 5.11 Å². The number of aliphatic hydroxyl groups excluding tert-OH is 1. The van der Waals surface area contributed by atoms with Gasteiger partial charge in [-0.2, -0.15) is 0 Å². The highest BCUT2D eigenvalue weighted by Gasteiger charge is 2.17. The molecule has 0 aliphatic rings. The summed E-state index contributed by atoms with van der Waals surface area (Å²) in [4.78, 5) is 8.48. The molecule has 2 aromatic rings. The van der Waals surface area contributed by atoms with Crippen LogP contribution in [0.1, 0.15) is 38.4 Å². The Morgan fingerprint density at radius 2 is 1.71 bits per heavy atom. The van der Waals surface area contributed by atoms with Gasteiger partial charge < -0.3 is 5.11 Å². The second-order valence-electron chi connectivity index (χ2n) is 4.33. The van der Waals surface area contributed by atoms with Crippen LogP contribution in [0.2, 0.25) is 0 Å². The molecule has 3 nitrogen and oxygen atoms in total. The summed E-state index contributed by atoms with van der Waals surface area (Å²) >= 11 is 0. The minimum atomic E-state index is -0.406. The summed E-state index contributed by atoms with van der Waals surface area (Å²) in [5.74, 6) is 0.309. The van der Waals surface area contributed by atoms with Crippen molar-refractivity contribution in [2.75, 3.05) is 0 Å². The zero-order chi connectivity index (χ0) is 12.3. The Hall–Kier alpha value is -1.48. The van der Waals surface area contributed by atoms with Crippen LogP contribution in [-0.2, 0) is 0 Å². The highest BCUT2D eigenvalue weighted by molar-refractivity contribution is 5.74. The maximum absolute atomic E-state index is 10.3. The Balaban J connectivity index is 2.35. The number of benzene rings is 1. The Morgan fingerprint density at radius 1 is 1.06 bits per heavy atom. The van der Waals surface area contributed by atoms with E-state index in [1.165, 1.54) is 0 Å². The van der Waals surface area contributed by atoms with Gasteiger partial charge in [-0.3, -0.25) is 9.97 Å². The molecular formula is C14H18N2O. The van der Waals surface area contributed by atoms with Gasteiger partial charge in [-0.25, -0.2) is 0 Å². The average Bonchev–Trinajstić information content (AvgIpc) is 2.39. The quantitative estimate of drug-likeness (QED) is 0.877. The lowest BCUT2D eigenvalue weighted by atomic mass is 9.91. The molecule has 0 bridgehead atoms. The van der Waals surface area contributed by atoms with E-state index in [0.717, 1.165) is 29.4 Å². The van der Waals surface area contributed by atoms with E-state index in [2.05, 4.69) is 23.8 Å². The Morgan fingerprint density at radius 3 is 2.35 bits per heavy atom. The predicted octanol–water partition coefficient (Wildman–Crippen LogP) is 3.10. The second-order valence-corrected chi connectivity index (χ2v) is 4.33. The summed E-state index contributed by atoms with van der Waals surface area (Å²) in [6.45, 7) is 4.22. The average molecular weight is 230 g/mol. The Kier molecular flexibility index (Phi) is 3.69. The van der Waals surface area contributed by atoms with Gasteiger partial charge in [0.05, 0.1) is 17.1 Å². The molecule has 0 spiro atoms. The van der Waals surface area contributed by atoms with Gasteiger partial charge in [-0.15, -0.1) is 0 Å². The molecule has 3 heteroatoms. The van der Waals surface area contributed by atoms with Gasteiger partial charge >= 0.3 is 0 Å². The molecule has 1 aromatic heterocycles. The first-order valence-corrected chi connectivity index (χ1v) is 6.15. The lowest BCUT2D eigenvalue weighted by Crippen LogP contribution is -2.10. The normalized spacial score (nSPS) is 13.2. The van der Waals surface area contributed by atoms with Gasteiger partial charge in [0.25, 0.3) is 0 Å². The van der Waals surface area contributed by atoms with Crippen molar-refractivity contribution in [1.82, 2.24) is 9.97 Å². The second kappa shape index (κ2) is 5.23. The van der Waals surface area contributed by atoms with Crippen LogP contribution < -0.4 is 0 Å². The van der Waals surface area contributed by atoms with Crippen molar-refractivity contribution >= 4 is 11.0 Å². The predicted molar refractivity (Wildman–Crippen MR) is 68.6 cm³/mol. The topological polar surface area (TPSA) is 46.0 Å². The number of fused-ring (bicyclic) bond motifs is 1. The molecule has 0 saturated carbocycles. The first-order chi connectivity index (χ1) is 8.26. The van der Waals surface area contributed by atoms with Crippen molar-refractivity contribution in [3.63, 3.8) is 0 Å². The molecular weight excluding hydrogens is 212 g/mol. The highest BCUT2D eigenvalue weighted by atomic mass is 16.3. The van der Waals surface area contributed by atoms with Gasteiger partial charge in [0.2, 0.25) is 0 Å². The fourth-order valence-electron chi connectivity index (χ4n) is 2.17. The van der Waals surface area contributed by atoms with Crippen molar-refractivity contribution in [2.24, 2.45) is 5.92 Å². The van der Waals surface area contributed by atoms with Crippen molar-refractivity contribution < 1.29 is 5.11 Å². The van der Waals surface area contributed by atoms with Crippen LogP contribution in [0.3, 0.4) is 0 Å². The largest absolute Gasteiger partial charge is 0.388 e. The van der Waals surface area contributed by atoms with Crippen LogP contribution in [0.5, 0.6) is 0 Å². The van der Waals surface area contributed by atoms with E-state index >= 15 is 0 Å². The fraction of sp³-hybridized carbons (Fsp3) is 0.429. The molecule has 1 aromatic carbocycles. The maximum Gasteiger partial charge on any atom is 0.0890 e. The molecule has 17 heavy (non-hydrogen) atoms. The van der Waals surface area contributed by atoms with E-state index in [1.807, 2.05) is 18.2 Å². The first kappa shape index (κ1) is 12.0. The minimum Gasteiger partial charge on any atom is -0.388 e. The summed E-state index contributed by atoms with van der Waals surface area (Å²) in [5, 5.41) is 10.3. The van der Waals surface area contributed by atoms with E-state index in [1.54, 1.807) is 12.4 Å². The number of rotatable bonds is 4. The number of hydrogen-bond donors (Lipinski definition) is 1. The van der Waals surface area contributed by atoms with E-state index in [4.69, 9.17) is 0 Å². The van der Waals surface area contributed by atoms with Gasteiger partial charge in [0.1, 0.15) is 0 Å². The van der Waals surface area contributed by atoms with Crippen molar-refractivity contribution in [3.05, 3.63) is 36.2 Å². The third-order valence-corrected chi connectivity index (χ3v) is 3.33. The van der Waals surface area contributed by atoms with Crippen LogP contribution in [0, 0.1) is 5.92 Å². The lowest BCUT2D eigenvalue weighted by molar-refractivity contribution is 0.103. The van der Waals surface area contributed by atoms with Crippen LogP contribution in [0.15, 0.2) is 30.6 Å². The molecule has 0 aliphatic heterocycles. The Bertz CT molecular complexity index is 494. The molecule has 0 amide bonds. The van der Waals surface area contributed by atoms with Gasteiger partial charge in [-0.05, 0) is 23.6 Å². The SMILES string of the molecule is CCC(CC)C(O)c1ccc2nccnc2c1. The number of hydrogen-bond acceptors (Lipinski definition) is 3. The molecule has 0 saturated heterocycles. The third kappa shape index (κ3) is 2.44. The van der Waals surface area contributed by atoms with Crippen molar-refractivity contribution in [2.45, 2.75) is 32.8 Å². The highest BCUT2D eigenvalue weighted by Crippen LogP contribution is 2.28. The third-order valence-electron chi connectivity index (χ3n) is 3.33. The molecule has 90 valence electrons. The Labute approximate surface area is 102 Å². The van der Waals surface area contributed by atoms with E-state index < -0.39 is 6.10 Å². The van der Waals surface area contributed by atoms with Crippen LogP contribution in [-0.4, -0.2) is 15.1 Å². The van der Waals surface area contributed by atoms with Crippen LogP contribution >= 0.6 is 0 Å². The van der Waals surface area contributed by atoms with E-state index in [0.29, 0.717) is 5.92 Å². The number of nitrogens with zero attached hydrogens (tertiary/aromatic N) is 2. The zero-order valence-electron chi connectivity index (χ0n) is 10.3. The van der Waals surface area contributed by atoms with Crippen LogP contribution in [0.4, 0.5) is 0 Å². The smallest absolute Gasteiger partial charge is 0.0890 e. The number of aliphatic hydroxyl groups is 1. The molecule has 1 atom stereocenters. The molecule has 1 N–H and O–H groups in total. The van der Waals surface area contributed by atoms with Gasteiger partial charge in [0.15, 0.2) is 0 Å². The standard InChI is InChI=1S/C14H18N2O/c1-3-10(4-2)14(17)11-5-6-12-13(9-11)16-8-7-15-12/h5-10,14,17H,3-4H2,1-2H3. The summed E-state index contributed by atoms with van der Waals surface area (Å²) < 4.78 is 0. The summed E-state index contributed by atoms with van der Waals surface area (Å²) in [7, 11) is 0. The lowest BCUT2D eigenvalue weighted by Gasteiger charge is -2.20. The van der Waals surface area contributed by atoms with Crippen molar-refractivity contribution in [3.8, 4) is 0 Å². The van der Waals surface area contributed by atoms with Crippen LogP contribution in [0.25, 0.3) is 11.0 Å². The molecule has 2 rings (SSSR count). The zero-order valence-corrected chi connectivity index (χ0v) is 10.3. The fourth-order valence-corrected chi connectivity index (χ4v) is 2.17. The minimum absolute atomic E-state index is 0.309. The van der Waals surface area contributed by atoms with Gasteiger partial charge in [-0.1, -0.05) is 32.8 Å². The monoisotopic (exact) mass is 230 g/mol. The molecule has 1 unspecified atom stereocenters. The molecule has 0 fully saturated rings. The summed E-state index contributed by atoms with van der Waals surface area (Å²) in [5.41, 5.74) is 2.65. The molecule has 0 aliphatic carbocycles. The number of aromatic nitrogens is 2. The molecule has 0 radical (unpaired) electrons. The summed E-state index contributed by atoms with van der Waals surface area (Å²) in [6.07, 6.45) is 4.91. The van der Waals surface area contributed by atoms with Crippen molar-refractivity contribution in [1.29, 1.82) is 0 Å². The van der Waals surface area contributed by atoms with E-state index in [-0.39, 0.29) is 0 Å². The molecule has 1 heterocycles. The maximum atomic E-state index is 10.3. The summed E-state index contributed by atoms with van der Waals surface area (Å²) in [6, 6.07) is 5.80. The van der Waals surface area contributed by atoms with Gasteiger partial charge in [0, 0.05) is 12.4 Å². The first-order valence-electron chi connectivity index (χ1n) is 6.15.